The van der Waals surface area contributed by atoms with Gasteiger partial charge in [-0.2, -0.15) is 0 Å². The van der Waals surface area contributed by atoms with Crippen molar-refractivity contribution in [1.29, 1.82) is 0 Å². The predicted molar refractivity (Wildman–Crippen MR) is 104 cm³/mol. The molecule has 7 heteroatoms. The Morgan fingerprint density at radius 3 is 2.62 bits per heavy atom. The largest absolute Gasteiger partial charge is 0.497 e. The quantitative estimate of drug-likeness (QED) is 0.765. The first kappa shape index (κ1) is 16.8. The van der Waals surface area contributed by atoms with Crippen LogP contribution in [-0.4, -0.2) is 36.1 Å². The molecule has 3 aromatic rings. The number of methoxy groups -OCH3 is 1. The number of carbonyl (C=O) groups excluding carboxylic acids is 1. The van der Waals surface area contributed by atoms with Crippen LogP contribution in [0.5, 0.6) is 5.75 Å². The zero-order chi connectivity index (χ0) is 18.1. The van der Waals surface area contributed by atoms with Gasteiger partial charge in [0.05, 0.1) is 12.5 Å². The maximum Gasteiger partial charge on any atom is 0.220 e. The third-order valence-corrected chi connectivity index (χ3v) is 5.83. The molecule has 0 atom stereocenters. The smallest absolute Gasteiger partial charge is 0.220 e. The van der Waals surface area contributed by atoms with Crippen molar-refractivity contribution >= 4 is 33.3 Å². The number of primary amides is 1. The molecule has 1 aliphatic rings. The number of piperidine rings is 1. The number of rotatable bonds is 4. The van der Waals surface area contributed by atoms with Crippen LogP contribution in [0.2, 0.25) is 0 Å². The Bertz CT molecular complexity index is 930. The molecular formula is C19H20N4O2S. The number of ether oxygens (including phenoxy) is 1. The summed E-state index contributed by atoms with van der Waals surface area (Å²) in [5, 5.41) is 3.20. The fraction of sp³-hybridized carbons (Fsp3) is 0.316. The number of hydrogen-bond acceptors (Lipinski definition) is 6. The normalized spacial score (nSPS) is 15.3. The van der Waals surface area contributed by atoms with Crippen LogP contribution >= 0.6 is 11.3 Å². The zero-order valence-electron chi connectivity index (χ0n) is 14.5. The second-order valence-corrected chi connectivity index (χ2v) is 7.28. The molecule has 6 nitrogen and oxygen atoms in total. The fourth-order valence-electron chi connectivity index (χ4n) is 3.46. The number of amides is 1. The van der Waals surface area contributed by atoms with Crippen LogP contribution in [-0.2, 0) is 4.79 Å². The fourth-order valence-corrected chi connectivity index (χ4v) is 4.37. The highest BCUT2D eigenvalue weighted by Gasteiger charge is 2.26. The Morgan fingerprint density at radius 1 is 1.23 bits per heavy atom. The van der Waals surface area contributed by atoms with Gasteiger partial charge in [0, 0.05) is 30.0 Å². The molecule has 1 fully saturated rings. The zero-order valence-corrected chi connectivity index (χ0v) is 15.3. The molecule has 26 heavy (non-hydrogen) atoms. The summed E-state index contributed by atoms with van der Waals surface area (Å²) in [4.78, 5) is 23.7. The number of nitrogens with two attached hydrogens (primary N) is 1. The van der Waals surface area contributed by atoms with Gasteiger partial charge >= 0.3 is 0 Å². The van der Waals surface area contributed by atoms with Gasteiger partial charge in [-0.1, -0.05) is 12.1 Å². The molecule has 2 N–H and O–H groups in total. The van der Waals surface area contributed by atoms with Crippen molar-refractivity contribution in [3.63, 3.8) is 0 Å². The Hall–Kier alpha value is -2.67. The summed E-state index contributed by atoms with van der Waals surface area (Å²) < 4.78 is 5.25. The molecule has 0 aliphatic carbocycles. The van der Waals surface area contributed by atoms with Gasteiger partial charge in [-0.25, -0.2) is 9.97 Å². The molecule has 0 radical (unpaired) electrons. The topological polar surface area (TPSA) is 81.3 Å². The van der Waals surface area contributed by atoms with Gasteiger partial charge in [0.15, 0.2) is 0 Å². The summed E-state index contributed by atoms with van der Waals surface area (Å²) in [7, 11) is 1.66. The predicted octanol–water partition coefficient (Wildman–Crippen LogP) is 3.07. The molecule has 3 heterocycles. The number of thiophene rings is 1. The van der Waals surface area contributed by atoms with Crippen LogP contribution in [0.4, 0.5) is 5.82 Å². The van der Waals surface area contributed by atoms with E-state index in [1.54, 1.807) is 24.8 Å². The Labute approximate surface area is 155 Å². The van der Waals surface area contributed by atoms with E-state index in [0.29, 0.717) is 0 Å². The van der Waals surface area contributed by atoms with E-state index in [9.17, 15) is 4.79 Å². The lowest BCUT2D eigenvalue weighted by Gasteiger charge is -2.31. The van der Waals surface area contributed by atoms with Gasteiger partial charge in [0.2, 0.25) is 5.91 Å². The van der Waals surface area contributed by atoms with Gasteiger partial charge in [-0.05, 0) is 30.5 Å². The van der Waals surface area contributed by atoms with E-state index in [4.69, 9.17) is 10.5 Å². The minimum atomic E-state index is -0.202. The molecule has 1 saturated heterocycles. The van der Waals surface area contributed by atoms with Crippen molar-refractivity contribution in [2.75, 3.05) is 25.1 Å². The summed E-state index contributed by atoms with van der Waals surface area (Å²) in [6.45, 7) is 1.55. The summed E-state index contributed by atoms with van der Waals surface area (Å²) in [6, 6.07) is 8.02. The van der Waals surface area contributed by atoms with Crippen LogP contribution in [0.25, 0.3) is 21.3 Å². The molecule has 0 bridgehead atoms. The molecule has 134 valence electrons. The van der Waals surface area contributed by atoms with Gasteiger partial charge in [0.25, 0.3) is 0 Å². The SMILES string of the molecule is COc1ccc(-c2csc3ncnc(N4CCC(C(N)=O)CC4)c23)cc1. The van der Waals surface area contributed by atoms with E-state index < -0.39 is 0 Å². The Morgan fingerprint density at radius 2 is 1.96 bits per heavy atom. The second-order valence-electron chi connectivity index (χ2n) is 6.42. The number of nitrogens with zero attached hydrogens (tertiary/aromatic N) is 3. The van der Waals surface area contributed by atoms with Crippen molar-refractivity contribution in [1.82, 2.24) is 9.97 Å². The van der Waals surface area contributed by atoms with Gasteiger partial charge in [-0.15, -0.1) is 11.3 Å². The molecule has 2 aromatic heterocycles. The number of aromatic nitrogens is 2. The van der Waals surface area contributed by atoms with E-state index >= 15 is 0 Å². The lowest BCUT2D eigenvalue weighted by molar-refractivity contribution is -0.122. The number of fused-ring (bicyclic) bond motifs is 1. The van der Waals surface area contributed by atoms with E-state index in [2.05, 4.69) is 32.4 Å². The van der Waals surface area contributed by atoms with Crippen LogP contribution in [0, 0.1) is 5.92 Å². The number of anilines is 1. The summed E-state index contributed by atoms with van der Waals surface area (Å²) in [6.07, 6.45) is 3.15. The monoisotopic (exact) mass is 368 g/mol. The number of carbonyl (C=O) groups is 1. The lowest BCUT2D eigenvalue weighted by atomic mass is 9.96. The minimum Gasteiger partial charge on any atom is -0.497 e. The van der Waals surface area contributed by atoms with Crippen LogP contribution < -0.4 is 15.4 Å². The molecule has 1 amide bonds. The average molecular weight is 368 g/mol. The minimum absolute atomic E-state index is 0.0351. The van der Waals surface area contributed by atoms with Crippen LogP contribution in [0.15, 0.2) is 36.0 Å². The van der Waals surface area contributed by atoms with E-state index in [0.717, 1.165) is 58.8 Å². The van der Waals surface area contributed by atoms with Crippen molar-refractivity contribution in [2.24, 2.45) is 11.7 Å². The third-order valence-electron chi connectivity index (χ3n) is 4.95. The highest BCUT2D eigenvalue weighted by Crippen LogP contribution is 2.39. The van der Waals surface area contributed by atoms with Crippen molar-refractivity contribution in [3.05, 3.63) is 36.0 Å². The highest BCUT2D eigenvalue weighted by atomic mass is 32.1. The van der Waals surface area contributed by atoms with Gasteiger partial charge < -0.3 is 15.4 Å². The van der Waals surface area contributed by atoms with Gasteiger partial charge in [-0.3, -0.25) is 4.79 Å². The van der Waals surface area contributed by atoms with Crippen LogP contribution in [0.3, 0.4) is 0 Å². The maximum absolute atomic E-state index is 11.4. The van der Waals surface area contributed by atoms with E-state index in [1.165, 1.54) is 0 Å². The highest BCUT2D eigenvalue weighted by molar-refractivity contribution is 7.17. The summed E-state index contributed by atoms with van der Waals surface area (Å²) in [5.74, 6) is 1.53. The van der Waals surface area contributed by atoms with Crippen molar-refractivity contribution in [2.45, 2.75) is 12.8 Å². The standard InChI is InChI=1S/C19H20N4O2S/c1-25-14-4-2-12(3-5-14)15-10-26-19-16(15)18(21-11-22-19)23-8-6-13(7-9-23)17(20)24/h2-5,10-11,13H,6-9H2,1H3,(H2,20,24). The molecule has 0 unspecified atom stereocenters. The first-order valence-electron chi connectivity index (χ1n) is 8.58. The first-order chi connectivity index (χ1) is 12.7. The molecule has 0 spiro atoms. The average Bonchev–Trinajstić information content (AvgIpc) is 3.12. The Balaban J connectivity index is 1.72. The molecule has 4 rings (SSSR count). The number of hydrogen-bond donors (Lipinski definition) is 1. The third kappa shape index (κ3) is 2.99. The van der Waals surface area contributed by atoms with Crippen molar-refractivity contribution in [3.8, 4) is 16.9 Å². The molecule has 1 aromatic carbocycles. The Kier molecular flexibility index (Phi) is 4.46. The summed E-state index contributed by atoms with van der Waals surface area (Å²) >= 11 is 1.62. The second kappa shape index (κ2) is 6.92. The maximum atomic E-state index is 11.4. The van der Waals surface area contributed by atoms with Crippen LogP contribution in [0.1, 0.15) is 12.8 Å². The molecular weight excluding hydrogens is 348 g/mol. The number of benzene rings is 1. The molecule has 1 aliphatic heterocycles. The summed E-state index contributed by atoms with van der Waals surface area (Å²) in [5.41, 5.74) is 7.69. The van der Waals surface area contributed by atoms with E-state index in [-0.39, 0.29) is 11.8 Å². The van der Waals surface area contributed by atoms with Crippen molar-refractivity contribution < 1.29 is 9.53 Å². The van der Waals surface area contributed by atoms with Gasteiger partial charge in [0.1, 0.15) is 22.7 Å². The first-order valence-corrected chi connectivity index (χ1v) is 9.46. The van der Waals surface area contributed by atoms with E-state index in [1.807, 2.05) is 12.1 Å². The lowest BCUT2D eigenvalue weighted by Crippen LogP contribution is -2.39. The molecule has 0 saturated carbocycles.